The average Bonchev–Trinajstić information content (AvgIpc) is 2.77. The van der Waals surface area contributed by atoms with Gasteiger partial charge in [-0.3, -0.25) is 4.79 Å². The minimum atomic E-state index is 0.102. The monoisotopic (exact) mass is 239 g/mol. The SMILES string of the molecule is CCNC1COCC1C(=O)C1CCCC(C)C1. The Labute approximate surface area is 104 Å². The summed E-state index contributed by atoms with van der Waals surface area (Å²) >= 11 is 0. The molecule has 4 atom stereocenters. The Bertz CT molecular complexity index is 267. The largest absolute Gasteiger partial charge is 0.379 e. The lowest BCUT2D eigenvalue weighted by molar-refractivity contribution is -0.128. The van der Waals surface area contributed by atoms with Crippen LogP contribution in [0, 0.1) is 17.8 Å². The Morgan fingerprint density at radius 3 is 2.88 bits per heavy atom. The second-order valence-electron chi connectivity index (χ2n) is 5.68. The van der Waals surface area contributed by atoms with Crippen molar-refractivity contribution in [3.05, 3.63) is 0 Å². The summed E-state index contributed by atoms with van der Waals surface area (Å²) in [5.74, 6) is 1.58. The molecule has 0 amide bonds. The third kappa shape index (κ3) is 3.08. The fourth-order valence-electron chi connectivity index (χ4n) is 3.29. The van der Waals surface area contributed by atoms with Crippen LogP contribution in [0.2, 0.25) is 0 Å². The highest BCUT2D eigenvalue weighted by atomic mass is 16.5. The van der Waals surface area contributed by atoms with Crippen LogP contribution in [0.25, 0.3) is 0 Å². The topological polar surface area (TPSA) is 38.3 Å². The molecule has 1 saturated carbocycles. The van der Waals surface area contributed by atoms with Crippen molar-refractivity contribution in [3.63, 3.8) is 0 Å². The summed E-state index contributed by atoms with van der Waals surface area (Å²) in [6.45, 7) is 6.60. The molecular weight excluding hydrogens is 214 g/mol. The molecule has 1 aliphatic carbocycles. The maximum atomic E-state index is 12.5. The summed E-state index contributed by atoms with van der Waals surface area (Å²) in [4.78, 5) is 12.5. The van der Waals surface area contributed by atoms with Gasteiger partial charge in [-0.15, -0.1) is 0 Å². The fourth-order valence-corrected chi connectivity index (χ4v) is 3.29. The predicted molar refractivity (Wildman–Crippen MR) is 67.9 cm³/mol. The standard InChI is InChI=1S/C14H25NO2/c1-3-15-13-9-17-8-12(13)14(16)11-6-4-5-10(2)7-11/h10-13,15H,3-9H2,1-2H3. The Hall–Kier alpha value is -0.410. The number of hydrogen-bond donors (Lipinski definition) is 1. The van der Waals surface area contributed by atoms with Crippen molar-refractivity contribution in [2.75, 3.05) is 19.8 Å². The van der Waals surface area contributed by atoms with E-state index in [1.165, 1.54) is 12.8 Å². The van der Waals surface area contributed by atoms with Crippen LogP contribution in [-0.2, 0) is 9.53 Å². The van der Waals surface area contributed by atoms with E-state index in [-0.39, 0.29) is 12.0 Å². The third-order valence-corrected chi connectivity index (χ3v) is 4.25. The first kappa shape index (κ1) is 13.0. The number of carbonyl (C=O) groups excluding carboxylic acids is 1. The van der Waals surface area contributed by atoms with E-state index >= 15 is 0 Å². The first-order valence-corrected chi connectivity index (χ1v) is 7.07. The van der Waals surface area contributed by atoms with E-state index in [0.717, 1.165) is 25.3 Å². The Balaban J connectivity index is 1.93. The lowest BCUT2D eigenvalue weighted by Crippen LogP contribution is -2.42. The van der Waals surface area contributed by atoms with Crippen molar-refractivity contribution in [2.45, 2.75) is 45.6 Å². The number of ketones is 1. The highest BCUT2D eigenvalue weighted by Gasteiger charge is 2.37. The summed E-state index contributed by atoms with van der Waals surface area (Å²) in [5.41, 5.74) is 0. The molecule has 0 aromatic carbocycles. The summed E-state index contributed by atoms with van der Waals surface area (Å²) in [6.07, 6.45) is 4.70. The smallest absolute Gasteiger partial charge is 0.143 e. The fraction of sp³-hybridized carbons (Fsp3) is 0.929. The van der Waals surface area contributed by atoms with Crippen LogP contribution in [0.3, 0.4) is 0 Å². The molecule has 4 unspecified atom stereocenters. The van der Waals surface area contributed by atoms with Crippen molar-refractivity contribution in [1.29, 1.82) is 0 Å². The molecule has 1 saturated heterocycles. The van der Waals surface area contributed by atoms with Crippen molar-refractivity contribution < 1.29 is 9.53 Å². The molecule has 2 rings (SSSR count). The molecule has 3 heteroatoms. The second kappa shape index (κ2) is 5.96. The summed E-state index contributed by atoms with van der Waals surface area (Å²) < 4.78 is 5.48. The van der Waals surface area contributed by atoms with Gasteiger partial charge in [0.1, 0.15) is 5.78 Å². The molecule has 17 heavy (non-hydrogen) atoms. The minimum absolute atomic E-state index is 0.102. The van der Waals surface area contributed by atoms with E-state index < -0.39 is 0 Å². The van der Waals surface area contributed by atoms with Gasteiger partial charge in [0.25, 0.3) is 0 Å². The summed E-state index contributed by atoms with van der Waals surface area (Å²) in [5, 5.41) is 3.38. The molecule has 0 aromatic rings. The highest BCUT2D eigenvalue weighted by Crippen LogP contribution is 2.32. The number of Topliss-reactive ketones (excluding diaryl/α,β-unsaturated/α-hetero) is 1. The maximum Gasteiger partial charge on any atom is 0.143 e. The van der Waals surface area contributed by atoms with Gasteiger partial charge in [0.2, 0.25) is 0 Å². The molecular formula is C14H25NO2. The second-order valence-corrected chi connectivity index (χ2v) is 5.68. The quantitative estimate of drug-likeness (QED) is 0.815. The number of likely N-dealkylation sites (N-methyl/N-ethyl adjacent to an activating group) is 1. The normalized spacial score (nSPS) is 38.2. The molecule has 98 valence electrons. The van der Waals surface area contributed by atoms with Crippen molar-refractivity contribution in [2.24, 2.45) is 17.8 Å². The number of carbonyl (C=O) groups is 1. The van der Waals surface area contributed by atoms with Gasteiger partial charge in [0.15, 0.2) is 0 Å². The van der Waals surface area contributed by atoms with Crippen LogP contribution >= 0.6 is 0 Å². The first-order chi connectivity index (χ1) is 8.22. The Morgan fingerprint density at radius 2 is 2.18 bits per heavy atom. The molecule has 1 N–H and O–H groups in total. The van der Waals surface area contributed by atoms with E-state index in [1.807, 2.05) is 0 Å². The van der Waals surface area contributed by atoms with Crippen molar-refractivity contribution >= 4 is 5.78 Å². The van der Waals surface area contributed by atoms with Gasteiger partial charge in [-0.25, -0.2) is 0 Å². The molecule has 0 aromatic heterocycles. The Morgan fingerprint density at radius 1 is 1.35 bits per heavy atom. The average molecular weight is 239 g/mol. The van der Waals surface area contributed by atoms with Crippen LogP contribution in [0.4, 0.5) is 0 Å². The van der Waals surface area contributed by atoms with Crippen LogP contribution < -0.4 is 5.32 Å². The maximum absolute atomic E-state index is 12.5. The van der Waals surface area contributed by atoms with Gasteiger partial charge in [-0.1, -0.05) is 26.7 Å². The first-order valence-electron chi connectivity index (χ1n) is 7.07. The van der Waals surface area contributed by atoms with Crippen LogP contribution in [0.1, 0.15) is 39.5 Å². The van der Waals surface area contributed by atoms with Crippen molar-refractivity contribution in [3.8, 4) is 0 Å². The van der Waals surface area contributed by atoms with Gasteiger partial charge < -0.3 is 10.1 Å². The molecule has 0 bridgehead atoms. The number of ether oxygens (including phenoxy) is 1. The van der Waals surface area contributed by atoms with E-state index in [2.05, 4.69) is 19.2 Å². The summed E-state index contributed by atoms with van der Waals surface area (Å²) in [7, 11) is 0. The lowest BCUT2D eigenvalue weighted by Gasteiger charge is -2.29. The molecule has 2 aliphatic rings. The van der Waals surface area contributed by atoms with Gasteiger partial charge in [0, 0.05) is 12.0 Å². The van der Waals surface area contributed by atoms with E-state index in [0.29, 0.717) is 24.9 Å². The zero-order valence-electron chi connectivity index (χ0n) is 11.1. The molecule has 2 fully saturated rings. The Kier molecular flexibility index (Phi) is 4.57. The molecule has 0 spiro atoms. The van der Waals surface area contributed by atoms with E-state index in [1.54, 1.807) is 0 Å². The van der Waals surface area contributed by atoms with Gasteiger partial charge in [-0.05, 0) is 25.3 Å². The molecule has 1 heterocycles. The molecule has 1 aliphatic heterocycles. The number of nitrogens with one attached hydrogen (secondary N) is 1. The predicted octanol–water partition coefficient (Wildman–Crippen LogP) is 2.01. The minimum Gasteiger partial charge on any atom is -0.379 e. The van der Waals surface area contributed by atoms with Gasteiger partial charge >= 0.3 is 0 Å². The highest BCUT2D eigenvalue weighted by molar-refractivity contribution is 5.84. The zero-order chi connectivity index (χ0) is 12.3. The van der Waals surface area contributed by atoms with E-state index in [4.69, 9.17) is 4.74 Å². The molecule has 0 radical (unpaired) electrons. The van der Waals surface area contributed by atoms with Gasteiger partial charge in [-0.2, -0.15) is 0 Å². The van der Waals surface area contributed by atoms with E-state index in [9.17, 15) is 4.79 Å². The number of hydrogen-bond acceptors (Lipinski definition) is 3. The molecule has 3 nitrogen and oxygen atoms in total. The van der Waals surface area contributed by atoms with Crippen LogP contribution in [0.5, 0.6) is 0 Å². The van der Waals surface area contributed by atoms with Crippen LogP contribution in [-0.4, -0.2) is 31.6 Å². The number of rotatable bonds is 4. The lowest BCUT2D eigenvalue weighted by atomic mass is 9.76. The van der Waals surface area contributed by atoms with Gasteiger partial charge in [0.05, 0.1) is 19.1 Å². The zero-order valence-corrected chi connectivity index (χ0v) is 11.1. The summed E-state index contributed by atoms with van der Waals surface area (Å²) in [6, 6.07) is 0.254. The van der Waals surface area contributed by atoms with Crippen molar-refractivity contribution in [1.82, 2.24) is 5.32 Å². The van der Waals surface area contributed by atoms with Crippen LogP contribution in [0.15, 0.2) is 0 Å². The third-order valence-electron chi connectivity index (χ3n) is 4.25.